The van der Waals surface area contributed by atoms with Crippen molar-refractivity contribution in [3.63, 3.8) is 0 Å². The number of para-hydroxylation sites is 1. The quantitative estimate of drug-likeness (QED) is 0.233. The molecular formula is C22H17Cl2N5O5. The molecule has 174 valence electrons. The topological polar surface area (TPSA) is 142 Å². The highest BCUT2D eigenvalue weighted by molar-refractivity contribution is 6.43. The fraction of sp³-hybridized carbons (Fsp3) is 0.0455. The fourth-order valence-electron chi connectivity index (χ4n) is 2.48. The first-order valence-electron chi connectivity index (χ1n) is 9.64. The van der Waals surface area contributed by atoms with Gasteiger partial charge in [0, 0.05) is 11.4 Å². The van der Waals surface area contributed by atoms with Gasteiger partial charge in [-0.15, -0.1) is 0 Å². The maximum Gasteiger partial charge on any atom is 0.329 e. The van der Waals surface area contributed by atoms with Gasteiger partial charge in [0.1, 0.15) is 11.5 Å². The number of anilines is 2. The molecule has 3 aromatic rings. The smallest absolute Gasteiger partial charge is 0.329 e. The van der Waals surface area contributed by atoms with Crippen LogP contribution in [0.4, 0.5) is 11.4 Å². The first-order chi connectivity index (χ1) is 16.3. The van der Waals surface area contributed by atoms with Crippen LogP contribution in [0.3, 0.4) is 0 Å². The van der Waals surface area contributed by atoms with Crippen molar-refractivity contribution in [2.24, 2.45) is 5.10 Å². The summed E-state index contributed by atoms with van der Waals surface area (Å²) in [5.74, 6) is -3.08. The van der Waals surface area contributed by atoms with Crippen LogP contribution in [0.25, 0.3) is 0 Å². The fourth-order valence-corrected chi connectivity index (χ4v) is 2.78. The summed E-state index contributed by atoms with van der Waals surface area (Å²) in [4.78, 5) is 47.6. The SMILES string of the molecule is O=C(NCc1ccc(/C=N/NC(=O)C(=O)Nc2ccccc2)o1)C(=O)Nc1ccc(Cl)c(Cl)c1. The molecule has 0 radical (unpaired) electrons. The van der Waals surface area contributed by atoms with E-state index in [2.05, 4.69) is 26.5 Å². The van der Waals surface area contributed by atoms with Crippen LogP contribution in [0, 0.1) is 0 Å². The molecule has 0 aliphatic rings. The number of halogens is 2. The van der Waals surface area contributed by atoms with Gasteiger partial charge in [-0.25, -0.2) is 5.43 Å². The monoisotopic (exact) mass is 501 g/mol. The summed E-state index contributed by atoms with van der Waals surface area (Å²) < 4.78 is 5.42. The van der Waals surface area contributed by atoms with Gasteiger partial charge in [-0.2, -0.15) is 5.10 Å². The van der Waals surface area contributed by atoms with Crippen molar-refractivity contribution in [3.05, 3.63) is 82.2 Å². The molecule has 0 spiro atoms. The third-order valence-electron chi connectivity index (χ3n) is 4.09. The summed E-state index contributed by atoms with van der Waals surface area (Å²) >= 11 is 11.7. The Kier molecular flexibility index (Phi) is 8.38. The Hall–Kier alpha value is -4.15. The first-order valence-corrected chi connectivity index (χ1v) is 10.4. The first kappa shape index (κ1) is 24.5. The van der Waals surface area contributed by atoms with Gasteiger partial charge in [-0.05, 0) is 42.5 Å². The molecule has 10 nitrogen and oxygen atoms in total. The van der Waals surface area contributed by atoms with Crippen LogP contribution in [0.2, 0.25) is 10.0 Å². The van der Waals surface area contributed by atoms with Crippen LogP contribution >= 0.6 is 23.2 Å². The third-order valence-corrected chi connectivity index (χ3v) is 4.82. The molecule has 0 saturated carbocycles. The number of nitrogens with zero attached hydrogens (tertiary/aromatic N) is 1. The average Bonchev–Trinajstić information content (AvgIpc) is 3.28. The molecule has 34 heavy (non-hydrogen) atoms. The van der Waals surface area contributed by atoms with E-state index in [0.29, 0.717) is 22.2 Å². The summed E-state index contributed by atoms with van der Waals surface area (Å²) in [6, 6.07) is 15.9. The number of carbonyl (C=O) groups excluding carboxylic acids is 4. The van der Waals surface area contributed by atoms with Crippen LogP contribution in [0.1, 0.15) is 11.5 Å². The molecule has 0 atom stereocenters. The van der Waals surface area contributed by atoms with Crippen LogP contribution in [-0.4, -0.2) is 29.8 Å². The van der Waals surface area contributed by atoms with E-state index in [0.717, 1.165) is 0 Å². The van der Waals surface area contributed by atoms with E-state index in [-0.39, 0.29) is 17.3 Å². The minimum Gasteiger partial charge on any atom is -0.458 e. The predicted molar refractivity (Wildman–Crippen MR) is 126 cm³/mol. The number of amides is 4. The molecule has 1 aromatic heterocycles. The number of hydrogen-bond acceptors (Lipinski definition) is 6. The molecular weight excluding hydrogens is 485 g/mol. The van der Waals surface area contributed by atoms with Crippen LogP contribution in [-0.2, 0) is 25.7 Å². The van der Waals surface area contributed by atoms with Gasteiger partial charge in [0.25, 0.3) is 0 Å². The van der Waals surface area contributed by atoms with E-state index < -0.39 is 23.6 Å². The number of nitrogens with one attached hydrogen (secondary N) is 4. The largest absolute Gasteiger partial charge is 0.458 e. The van der Waals surface area contributed by atoms with E-state index >= 15 is 0 Å². The van der Waals surface area contributed by atoms with Gasteiger partial charge in [0.15, 0.2) is 0 Å². The summed E-state index contributed by atoms with van der Waals surface area (Å²) in [5.41, 5.74) is 2.85. The van der Waals surface area contributed by atoms with Crippen molar-refractivity contribution < 1.29 is 23.6 Å². The zero-order valence-corrected chi connectivity index (χ0v) is 18.8. The second kappa shape index (κ2) is 11.6. The lowest BCUT2D eigenvalue weighted by Gasteiger charge is -2.06. The molecule has 2 aromatic carbocycles. The molecule has 12 heteroatoms. The predicted octanol–water partition coefficient (Wildman–Crippen LogP) is 2.93. The van der Waals surface area contributed by atoms with Gasteiger partial charge >= 0.3 is 23.6 Å². The van der Waals surface area contributed by atoms with Gasteiger partial charge in [0.2, 0.25) is 0 Å². The number of hydrazone groups is 1. The summed E-state index contributed by atoms with van der Waals surface area (Å²) in [5, 5.41) is 11.4. The number of furan rings is 1. The molecule has 4 amide bonds. The van der Waals surface area contributed by atoms with Gasteiger partial charge in [-0.3, -0.25) is 19.2 Å². The second-order valence-electron chi connectivity index (χ2n) is 6.59. The lowest BCUT2D eigenvalue weighted by atomic mass is 10.3. The molecule has 0 aliphatic carbocycles. The van der Waals surface area contributed by atoms with Crippen LogP contribution in [0.5, 0.6) is 0 Å². The standard InChI is InChI=1S/C22H17Cl2N5O5/c23-17-9-6-14(10-18(17)24)28-20(31)19(30)25-11-15-7-8-16(34-15)12-26-29-22(33)21(32)27-13-4-2-1-3-5-13/h1-10,12H,11H2,(H,25,30)(H,27,32)(H,28,31)(H,29,33)/b26-12+. The third kappa shape index (κ3) is 7.19. The molecule has 0 bridgehead atoms. The number of carbonyl (C=O) groups is 4. The highest BCUT2D eigenvalue weighted by Crippen LogP contribution is 2.24. The molecule has 0 aliphatic heterocycles. The molecule has 3 rings (SSSR count). The van der Waals surface area contributed by atoms with Crippen molar-refractivity contribution >= 4 is 64.4 Å². The highest BCUT2D eigenvalue weighted by Gasteiger charge is 2.15. The maximum absolute atomic E-state index is 12.0. The van der Waals surface area contributed by atoms with E-state index in [1.807, 2.05) is 0 Å². The van der Waals surface area contributed by atoms with E-state index in [1.54, 1.807) is 36.4 Å². The van der Waals surface area contributed by atoms with Crippen LogP contribution < -0.4 is 21.4 Å². The zero-order valence-electron chi connectivity index (χ0n) is 17.3. The van der Waals surface area contributed by atoms with Crippen molar-refractivity contribution in [1.29, 1.82) is 0 Å². The number of rotatable bonds is 6. The van der Waals surface area contributed by atoms with Gasteiger partial charge < -0.3 is 20.4 Å². The Morgan fingerprint density at radius 3 is 2.24 bits per heavy atom. The van der Waals surface area contributed by atoms with Gasteiger partial charge in [-0.1, -0.05) is 41.4 Å². The van der Waals surface area contributed by atoms with Crippen molar-refractivity contribution in [3.8, 4) is 0 Å². The van der Waals surface area contributed by atoms with Gasteiger partial charge in [0.05, 0.1) is 22.8 Å². The zero-order chi connectivity index (χ0) is 24.5. The number of hydrogen-bond donors (Lipinski definition) is 4. The number of benzene rings is 2. The van der Waals surface area contributed by atoms with Crippen molar-refractivity contribution in [2.45, 2.75) is 6.54 Å². The molecule has 1 heterocycles. The summed E-state index contributed by atoms with van der Waals surface area (Å²) in [6.45, 7) is -0.0761. The molecule has 4 N–H and O–H groups in total. The Balaban J connectivity index is 1.43. The van der Waals surface area contributed by atoms with Crippen molar-refractivity contribution in [2.75, 3.05) is 10.6 Å². The summed E-state index contributed by atoms with van der Waals surface area (Å²) in [7, 11) is 0. The Morgan fingerprint density at radius 2 is 1.50 bits per heavy atom. The molecule has 0 saturated heterocycles. The lowest BCUT2D eigenvalue weighted by molar-refractivity contribution is -0.136. The van der Waals surface area contributed by atoms with E-state index in [1.165, 1.54) is 30.5 Å². The molecule has 0 unspecified atom stereocenters. The van der Waals surface area contributed by atoms with Crippen LogP contribution in [0.15, 0.2) is 70.2 Å². The van der Waals surface area contributed by atoms with Crippen molar-refractivity contribution in [1.82, 2.24) is 10.7 Å². The highest BCUT2D eigenvalue weighted by atomic mass is 35.5. The second-order valence-corrected chi connectivity index (χ2v) is 7.40. The Labute approximate surface area is 203 Å². The normalized spacial score (nSPS) is 10.5. The Bertz CT molecular complexity index is 1240. The average molecular weight is 502 g/mol. The maximum atomic E-state index is 12.0. The van der Waals surface area contributed by atoms with E-state index in [4.69, 9.17) is 27.6 Å². The minimum atomic E-state index is -0.966. The lowest BCUT2D eigenvalue weighted by Crippen LogP contribution is -2.34. The Morgan fingerprint density at radius 1 is 0.794 bits per heavy atom. The molecule has 0 fully saturated rings. The summed E-state index contributed by atoms with van der Waals surface area (Å²) in [6.07, 6.45) is 1.18. The minimum absolute atomic E-state index is 0.0761. The van der Waals surface area contributed by atoms with E-state index in [9.17, 15) is 19.2 Å².